The number of piperazine rings is 1. The fourth-order valence-corrected chi connectivity index (χ4v) is 3.99. The number of aromatic nitrogens is 2. The number of likely N-dealkylation sites (tertiary alicyclic amines) is 1. The molecule has 25 heavy (non-hydrogen) atoms. The smallest absolute Gasteiger partial charge is 0.219 e. The van der Waals surface area contributed by atoms with Crippen molar-refractivity contribution in [3.63, 3.8) is 0 Å². The van der Waals surface area contributed by atoms with Crippen molar-refractivity contribution >= 4 is 22.5 Å². The zero-order chi connectivity index (χ0) is 17.2. The molecule has 3 heterocycles. The van der Waals surface area contributed by atoms with Crippen LogP contribution in [0.15, 0.2) is 30.7 Å². The monoisotopic (exact) mass is 339 g/mol. The Morgan fingerprint density at radius 2 is 2.04 bits per heavy atom. The number of hydrogen-bond donors (Lipinski definition) is 0. The summed E-state index contributed by atoms with van der Waals surface area (Å²) in [4.78, 5) is 26.9. The van der Waals surface area contributed by atoms with Crippen LogP contribution in [0.2, 0.25) is 0 Å². The molecule has 0 bridgehead atoms. The number of amides is 1. The van der Waals surface area contributed by atoms with Crippen LogP contribution in [-0.4, -0.2) is 71.5 Å². The lowest BCUT2D eigenvalue weighted by atomic mass is 10.1. The molecule has 2 aliphatic heterocycles. The highest BCUT2D eigenvalue weighted by Crippen LogP contribution is 2.23. The Morgan fingerprint density at radius 3 is 2.80 bits per heavy atom. The van der Waals surface area contributed by atoms with Gasteiger partial charge in [-0.3, -0.25) is 9.69 Å². The number of fused-ring (bicyclic) bond motifs is 1. The number of anilines is 1. The molecular weight excluding hydrogens is 314 g/mol. The normalized spacial score (nSPS) is 21.9. The van der Waals surface area contributed by atoms with E-state index in [2.05, 4.69) is 38.0 Å². The number of rotatable bonds is 3. The Bertz CT molecular complexity index is 756. The number of carbonyl (C=O) groups excluding carboxylic acids is 1. The molecule has 1 amide bonds. The quantitative estimate of drug-likeness (QED) is 0.851. The van der Waals surface area contributed by atoms with Crippen LogP contribution in [0.25, 0.3) is 10.9 Å². The summed E-state index contributed by atoms with van der Waals surface area (Å²) in [6, 6.07) is 6.42. The summed E-state index contributed by atoms with van der Waals surface area (Å²) in [6.07, 6.45) is 4.62. The maximum absolute atomic E-state index is 11.5. The van der Waals surface area contributed by atoms with E-state index in [-0.39, 0.29) is 5.91 Å². The van der Waals surface area contributed by atoms with Crippen molar-refractivity contribution < 1.29 is 4.79 Å². The molecule has 2 fully saturated rings. The summed E-state index contributed by atoms with van der Waals surface area (Å²) in [6.45, 7) is 8.91. The van der Waals surface area contributed by atoms with Gasteiger partial charge in [0, 0.05) is 70.0 Å². The first-order valence-corrected chi connectivity index (χ1v) is 9.11. The van der Waals surface area contributed by atoms with Crippen molar-refractivity contribution in [1.82, 2.24) is 19.8 Å². The van der Waals surface area contributed by atoms with Gasteiger partial charge in [0.2, 0.25) is 5.91 Å². The lowest BCUT2D eigenvalue weighted by Gasteiger charge is -2.37. The van der Waals surface area contributed by atoms with Crippen LogP contribution in [-0.2, 0) is 4.79 Å². The van der Waals surface area contributed by atoms with Gasteiger partial charge in [-0.1, -0.05) is 0 Å². The third-order valence-corrected chi connectivity index (χ3v) is 5.47. The van der Waals surface area contributed by atoms with Gasteiger partial charge in [0.05, 0.1) is 5.52 Å². The van der Waals surface area contributed by atoms with Gasteiger partial charge < -0.3 is 9.80 Å². The van der Waals surface area contributed by atoms with Gasteiger partial charge in [0.15, 0.2) is 0 Å². The van der Waals surface area contributed by atoms with E-state index in [4.69, 9.17) is 0 Å². The highest BCUT2D eigenvalue weighted by atomic mass is 16.2. The molecule has 6 heteroatoms. The second-order valence-corrected chi connectivity index (χ2v) is 7.17. The van der Waals surface area contributed by atoms with E-state index in [1.165, 1.54) is 5.69 Å². The second-order valence-electron chi connectivity index (χ2n) is 7.17. The van der Waals surface area contributed by atoms with Gasteiger partial charge in [-0.05, 0) is 30.5 Å². The fourth-order valence-electron chi connectivity index (χ4n) is 3.99. The van der Waals surface area contributed by atoms with Crippen LogP contribution in [0.5, 0.6) is 0 Å². The van der Waals surface area contributed by atoms with E-state index in [1.54, 1.807) is 13.3 Å². The first kappa shape index (κ1) is 16.3. The van der Waals surface area contributed by atoms with E-state index in [9.17, 15) is 4.79 Å². The Balaban J connectivity index is 1.32. The first-order valence-electron chi connectivity index (χ1n) is 9.11. The van der Waals surface area contributed by atoms with Crippen molar-refractivity contribution in [2.24, 2.45) is 5.92 Å². The molecule has 1 aromatic heterocycles. The van der Waals surface area contributed by atoms with Crippen LogP contribution in [0.3, 0.4) is 0 Å². The van der Waals surface area contributed by atoms with Crippen LogP contribution in [0.4, 0.5) is 5.69 Å². The topological polar surface area (TPSA) is 52.6 Å². The zero-order valence-corrected chi connectivity index (χ0v) is 14.8. The molecule has 1 atom stereocenters. The van der Waals surface area contributed by atoms with Gasteiger partial charge >= 0.3 is 0 Å². The maximum atomic E-state index is 11.5. The third-order valence-electron chi connectivity index (χ3n) is 5.47. The van der Waals surface area contributed by atoms with Crippen molar-refractivity contribution in [1.29, 1.82) is 0 Å². The molecule has 0 aliphatic carbocycles. The van der Waals surface area contributed by atoms with Crippen LogP contribution < -0.4 is 4.90 Å². The number of benzene rings is 1. The van der Waals surface area contributed by atoms with E-state index in [0.29, 0.717) is 5.92 Å². The Kier molecular flexibility index (Phi) is 4.53. The average Bonchev–Trinajstić information content (AvgIpc) is 3.11. The Morgan fingerprint density at radius 1 is 1.20 bits per heavy atom. The van der Waals surface area contributed by atoms with Crippen molar-refractivity contribution in [2.45, 2.75) is 13.3 Å². The summed E-state index contributed by atoms with van der Waals surface area (Å²) in [5.41, 5.74) is 2.25. The minimum atomic E-state index is 0.215. The molecule has 0 N–H and O–H groups in total. The van der Waals surface area contributed by atoms with Gasteiger partial charge in [0.1, 0.15) is 6.33 Å². The molecular formula is C19H25N5O. The molecule has 2 saturated heterocycles. The Hall–Kier alpha value is -2.21. The summed E-state index contributed by atoms with van der Waals surface area (Å²) in [5, 5.41) is 1.10. The van der Waals surface area contributed by atoms with Crippen LogP contribution >= 0.6 is 0 Å². The molecule has 132 valence electrons. The average molecular weight is 339 g/mol. The highest BCUT2D eigenvalue weighted by molar-refractivity contribution is 5.81. The van der Waals surface area contributed by atoms with Crippen molar-refractivity contribution in [3.8, 4) is 0 Å². The molecule has 1 unspecified atom stereocenters. The molecule has 6 nitrogen and oxygen atoms in total. The predicted molar refractivity (Wildman–Crippen MR) is 98.6 cm³/mol. The molecule has 2 aliphatic rings. The summed E-state index contributed by atoms with van der Waals surface area (Å²) >= 11 is 0. The molecule has 1 aromatic carbocycles. The van der Waals surface area contributed by atoms with Gasteiger partial charge in [-0.25, -0.2) is 9.97 Å². The molecule has 0 radical (unpaired) electrons. The zero-order valence-electron chi connectivity index (χ0n) is 14.8. The maximum Gasteiger partial charge on any atom is 0.219 e. The van der Waals surface area contributed by atoms with Gasteiger partial charge in [-0.15, -0.1) is 0 Å². The van der Waals surface area contributed by atoms with Gasteiger partial charge in [-0.2, -0.15) is 0 Å². The molecule has 4 rings (SSSR count). The minimum Gasteiger partial charge on any atom is -0.369 e. The first-order chi connectivity index (χ1) is 12.2. The SMILES string of the molecule is CC(=O)N1CCC(CN2CCN(c3ccc4ncncc4c3)CC2)C1. The largest absolute Gasteiger partial charge is 0.369 e. The number of carbonyl (C=O) groups is 1. The second kappa shape index (κ2) is 6.96. The van der Waals surface area contributed by atoms with Crippen LogP contribution in [0.1, 0.15) is 13.3 Å². The highest BCUT2D eigenvalue weighted by Gasteiger charge is 2.27. The Labute approximate surface area is 148 Å². The summed E-state index contributed by atoms with van der Waals surface area (Å²) in [5.74, 6) is 0.848. The predicted octanol–water partition coefficient (Wildman–Crippen LogP) is 1.62. The van der Waals surface area contributed by atoms with E-state index >= 15 is 0 Å². The van der Waals surface area contributed by atoms with Crippen LogP contribution in [0, 0.1) is 5.92 Å². The lowest BCUT2D eigenvalue weighted by molar-refractivity contribution is -0.127. The molecule has 2 aromatic rings. The number of nitrogens with zero attached hydrogens (tertiary/aromatic N) is 5. The van der Waals surface area contributed by atoms with E-state index in [1.807, 2.05) is 11.1 Å². The fraction of sp³-hybridized carbons (Fsp3) is 0.526. The summed E-state index contributed by atoms with van der Waals surface area (Å²) < 4.78 is 0. The van der Waals surface area contributed by atoms with E-state index < -0.39 is 0 Å². The summed E-state index contributed by atoms with van der Waals surface area (Å²) in [7, 11) is 0. The molecule has 0 spiro atoms. The minimum absolute atomic E-state index is 0.215. The lowest BCUT2D eigenvalue weighted by Crippen LogP contribution is -2.48. The standard InChI is InChI=1S/C19H25N5O/c1-15(25)24-5-4-16(13-24)12-22-6-8-23(9-7-22)18-2-3-19-17(10-18)11-20-14-21-19/h2-3,10-11,14,16H,4-9,12-13H2,1H3. The number of hydrogen-bond acceptors (Lipinski definition) is 5. The van der Waals surface area contributed by atoms with Gasteiger partial charge in [0.25, 0.3) is 0 Å². The van der Waals surface area contributed by atoms with Crippen molar-refractivity contribution in [2.75, 3.05) is 50.7 Å². The third kappa shape index (κ3) is 3.58. The molecule has 0 saturated carbocycles. The van der Waals surface area contributed by atoms with Crippen molar-refractivity contribution in [3.05, 3.63) is 30.7 Å². The van der Waals surface area contributed by atoms with E-state index in [0.717, 1.165) is 63.1 Å².